The first-order valence-electron chi connectivity index (χ1n) is 15.4. The molecule has 0 spiro atoms. The number of thiocarbonyl (C=S) groups is 1. The van der Waals surface area contributed by atoms with Gasteiger partial charge in [0.05, 0.1) is 6.61 Å². The van der Waals surface area contributed by atoms with Crippen LogP contribution in [0.2, 0.25) is 0 Å². The van der Waals surface area contributed by atoms with Crippen LogP contribution in [0.1, 0.15) is 35.0 Å². The Balaban J connectivity index is 1.47. The molecule has 1 saturated heterocycles. The molecule has 1 aromatic heterocycles. The van der Waals surface area contributed by atoms with Gasteiger partial charge in [0, 0.05) is 32.4 Å². The molecule has 2 aliphatic rings. The highest BCUT2D eigenvalue weighted by molar-refractivity contribution is 7.80. The van der Waals surface area contributed by atoms with Gasteiger partial charge in [-0.25, -0.2) is 9.78 Å². The van der Waals surface area contributed by atoms with E-state index in [1.165, 1.54) is 0 Å². The number of ether oxygens (including phenoxy) is 3. The van der Waals surface area contributed by atoms with Crippen LogP contribution in [0.25, 0.3) is 0 Å². The Morgan fingerprint density at radius 1 is 0.978 bits per heavy atom. The van der Waals surface area contributed by atoms with E-state index < -0.39 is 23.8 Å². The lowest BCUT2D eigenvalue weighted by atomic mass is 9.75. The molecule has 1 fully saturated rings. The van der Waals surface area contributed by atoms with Gasteiger partial charge in [-0.1, -0.05) is 115 Å². The number of aromatic nitrogens is 2. The van der Waals surface area contributed by atoms with Gasteiger partial charge in [-0.3, -0.25) is 4.90 Å². The van der Waals surface area contributed by atoms with Crippen LogP contribution in [0.5, 0.6) is 0 Å². The Labute approximate surface area is 275 Å². The van der Waals surface area contributed by atoms with Crippen LogP contribution in [0.4, 0.5) is 4.79 Å². The van der Waals surface area contributed by atoms with E-state index in [4.69, 9.17) is 31.4 Å². The van der Waals surface area contributed by atoms with E-state index >= 15 is 0 Å². The summed E-state index contributed by atoms with van der Waals surface area (Å²) in [6.07, 6.45) is 11.7. The molecule has 9 heteroatoms. The molecular weight excluding hydrogens is 596 g/mol. The number of rotatable bonds is 11. The Hall–Kier alpha value is -4.73. The number of carbonyl (C=O) groups is 1. The molecule has 0 N–H and O–H groups in total. The molecule has 6 rings (SSSR count). The molecule has 1 aliphatic carbocycles. The summed E-state index contributed by atoms with van der Waals surface area (Å²) in [6, 6.07) is 29.5. The molecule has 236 valence electrons. The number of nitrogens with zero attached hydrogens (tertiary/aromatic N) is 4. The van der Waals surface area contributed by atoms with Crippen LogP contribution in [-0.4, -0.2) is 64.0 Å². The minimum atomic E-state index is -1.07. The molecule has 2 heterocycles. The van der Waals surface area contributed by atoms with Crippen molar-refractivity contribution in [1.29, 1.82) is 0 Å². The number of cyclic esters (lactones) is 1. The largest absolute Gasteiger partial charge is 0.457 e. The van der Waals surface area contributed by atoms with Crippen molar-refractivity contribution in [3.8, 4) is 0 Å². The Morgan fingerprint density at radius 3 is 2.13 bits per heavy atom. The smallest absolute Gasteiger partial charge is 0.411 e. The lowest BCUT2D eigenvalue weighted by Crippen LogP contribution is -2.55. The van der Waals surface area contributed by atoms with Crippen molar-refractivity contribution < 1.29 is 19.0 Å². The maximum Gasteiger partial charge on any atom is 0.411 e. The third-order valence-corrected chi connectivity index (χ3v) is 8.88. The molecule has 1 aliphatic heterocycles. The summed E-state index contributed by atoms with van der Waals surface area (Å²) in [7, 11) is 3.66. The third kappa shape index (κ3) is 6.21. The van der Waals surface area contributed by atoms with Gasteiger partial charge in [0.25, 0.3) is 5.17 Å². The third-order valence-electron chi connectivity index (χ3n) is 8.42. The van der Waals surface area contributed by atoms with Crippen LogP contribution < -0.4 is 0 Å². The van der Waals surface area contributed by atoms with E-state index in [9.17, 15) is 4.79 Å². The fourth-order valence-corrected chi connectivity index (χ4v) is 6.37. The first-order valence-corrected chi connectivity index (χ1v) is 15.8. The number of hydrogen-bond acceptors (Lipinski definition) is 6. The maximum atomic E-state index is 14.2. The average Bonchev–Trinajstić information content (AvgIpc) is 3.73. The number of carbonyl (C=O) groups excluding carboxylic acids is 1. The number of allylic oxidation sites excluding steroid dienone is 3. The van der Waals surface area contributed by atoms with Gasteiger partial charge in [0.1, 0.15) is 24.9 Å². The van der Waals surface area contributed by atoms with Crippen LogP contribution in [0.15, 0.2) is 128 Å². The predicted octanol–water partition coefficient (Wildman–Crippen LogP) is 6.71. The average molecular weight is 635 g/mol. The van der Waals surface area contributed by atoms with Crippen molar-refractivity contribution in [2.45, 2.75) is 30.8 Å². The SMILES string of the molecule is CN(C)C(=S)O[C@H](c1nccn1COCC1C=CC=CC1)[C@@H]1COC(=O)N1C(c1ccccc1)(c1ccccc1)c1ccccc1. The van der Waals surface area contributed by atoms with Gasteiger partial charge in [0.15, 0.2) is 11.9 Å². The van der Waals surface area contributed by atoms with Gasteiger partial charge in [-0.2, -0.15) is 0 Å². The van der Waals surface area contributed by atoms with Gasteiger partial charge >= 0.3 is 6.09 Å². The maximum absolute atomic E-state index is 14.2. The number of benzene rings is 3. The monoisotopic (exact) mass is 634 g/mol. The fraction of sp³-hybridized carbons (Fsp3) is 0.270. The first-order chi connectivity index (χ1) is 22.5. The van der Waals surface area contributed by atoms with Crippen LogP contribution in [0.3, 0.4) is 0 Å². The highest BCUT2D eigenvalue weighted by Gasteiger charge is 2.55. The quantitative estimate of drug-likeness (QED) is 0.134. The lowest BCUT2D eigenvalue weighted by Gasteiger charge is -2.46. The normalized spacial score (nSPS) is 18.3. The Bertz CT molecular complexity index is 1580. The second-order valence-electron chi connectivity index (χ2n) is 11.6. The van der Waals surface area contributed by atoms with Crippen molar-refractivity contribution in [3.63, 3.8) is 0 Å². The zero-order chi connectivity index (χ0) is 31.9. The lowest BCUT2D eigenvalue weighted by molar-refractivity contribution is 0.0306. The zero-order valence-electron chi connectivity index (χ0n) is 26.0. The van der Waals surface area contributed by atoms with E-state index in [0.29, 0.717) is 18.3 Å². The molecule has 1 amide bonds. The summed E-state index contributed by atoms with van der Waals surface area (Å²) in [5.74, 6) is 0.893. The van der Waals surface area contributed by atoms with E-state index in [1.54, 1.807) is 11.1 Å². The molecule has 3 aromatic carbocycles. The van der Waals surface area contributed by atoms with Crippen LogP contribution >= 0.6 is 12.2 Å². The summed E-state index contributed by atoms with van der Waals surface area (Å²) in [4.78, 5) is 22.5. The standard InChI is InChI=1S/C37H38N4O4S/c1-39(2)36(46)45-33(34-38-23-24-40(34)27-43-25-28-15-7-3-8-16-28)32-26-44-35(42)41(32)37(29-17-9-4-10-18-29,30-19-11-5-12-20-30)31-21-13-6-14-22-31/h3-15,17-24,28,32-33H,16,25-27H2,1-2H3/t28?,32-,33-/m0/s1. The van der Waals surface area contributed by atoms with E-state index in [1.807, 2.05) is 121 Å². The van der Waals surface area contributed by atoms with Gasteiger partial charge in [-0.05, 0) is 35.3 Å². The van der Waals surface area contributed by atoms with Gasteiger partial charge < -0.3 is 23.7 Å². The highest BCUT2D eigenvalue weighted by atomic mass is 32.1. The summed E-state index contributed by atoms with van der Waals surface area (Å²) in [5.41, 5.74) is 1.65. The fourth-order valence-electron chi connectivity index (χ4n) is 6.26. The molecule has 3 atom stereocenters. The summed E-state index contributed by atoms with van der Waals surface area (Å²) >= 11 is 5.70. The minimum Gasteiger partial charge on any atom is -0.457 e. The van der Waals surface area contributed by atoms with Crippen molar-refractivity contribution in [3.05, 3.63) is 150 Å². The minimum absolute atomic E-state index is 0.0702. The van der Waals surface area contributed by atoms with Crippen molar-refractivity contribution in [2.24, 2.45) is 5.92 Å². The Morgan fingerprint density at radius 2 is 1.59 bits per heavy atom. The number of hydrogen-bond donors (Lipinski definition) is 0. The highest BCUT2D eigenvalue weighted by Crippen LogP contribution is 2.47. The summed E-state index contributed by atoms with van der Waals surface area (Å²) in [5, 5.41) is 0.267. The summed E-state index contributed by atoms with van der Waals surface area (Å²) in [6.45, 7) is 0.901. The Kier molecular flexibility index (Phi) is 9.61. The van der Waals surface area contributed by atoms with Crippen molar-refractivity contribution >= 4 is 23.5 Å². The molecule has 4 aromatic rings. The van der Waals surface area contributed by atoms with E-state index in [-0.39, 0.29) is 18.5 Å². The topological polar surface area (TPSA) is 69.1 Å². The molecule has 8 nitrogen and oxygen atoms in total. The predicted molar refractivity (Wildman–Crippen MR) is 181 cm³/mol. The number of imidazole rings is 1. The summed E-state index contributed by atoms with van der Waals surface area (Å²) < 4.78 is 20.6. The molecular formula is C37H38N4O4S. The first kappa shape index (κ1) is 31.3. The van der Waals surface area contributed by atoms with E-state index in [0.717, 1.165) is 23.1 Å². The molecule has 46 heavy (non-hydrogen) atoms. The molecule has 0 bridgehead atoms. The van der Waals surface area contributed by atoms with Crippen LogP contribution in [0, 0.1) is 5.92 Å². The molecule has 0 saturated carbocycles. The second kappa shape index (κ2) is 14.1. The van der Waals surface area contributed by atoms with Gasteiger partial charge in [0.2, 0.25) is 0 Å². The number of amides is 1. The van der Waals surface area contributed by atoms with Crippen molar-refractivity contribution in [2.75, 3.05) is 27.3 Å². The second-order valence-corrected chi connectivity index (χ2v) is 11.9. The molecule has 1 unspecified atom stereocenters. The zero-order valence-corrected chi connectivity index (χ0v) is 26.8. The van der Waals surface area contributed by atoms with E-state index in [2.05, 4.69) is 24.3 Å². The van der Waals surface area contributed by atoms with Crippen molar-refractivity contribution in [1.82, 2.24) is 19.4 Å². The molecule has 0 radical (unpaired) electrons. The van der Waals surface area contributed by atoms with Gasteiger partial charge in [-0.15, -0.1) is 0 Å². The van der Waals surface area contributed by atoms with Crippen LogP contribution in [-0.2, 0) is 26.5 Å².